The molecule has 0 aliphatic heterocycles. The van der Waals surface area contributed by atoms with E-state index in [0.717, 1.165) is 36.7 Å². The van der Waals surface area contributed by atoms with Crippen LogP contribution in [0.25, 0.3) is 0 Å². The van der Waals surface area contributed by atoms with Crippen LogP contribution >= 0.6 is 23.4 Å². The highest BCUT2D eigenvalue weighted by Crippen LogP contribution is 2.39. The summed E-state index contributed by atoms with van der Waals surface area (Å²) in [6, 6.07) is 18.2. The Hall–Kier alpha value is -2.51. The third-order valence-corrected chi connectivity index (χ3v) is 6.54. The second-order valence-corrected chi connectivity index (χ2v) is 9.35. The molecule has 4 rings (SSSR count). The van der Waals surface area contributed by atoms with Gasteiger partial charge in [0.15, 0.2) is 11.0 Å². The fourth-order valence-corrected chi connectivity index (χ4v) is 4.48. The molecule has 1 fully saturated rings. The maximum Gasteiger partial charge on any atom is 0.230 e. The van der Waals surface area contributed by atoms with Gasteiger partial charge in [0, 0.05) is 12.1 Å². The van der Waals surface area contributed by atoms with Gasteiger partial charge < -0.3 is 10.1 Å². The lowest BCUT2D eigenvalue weighted by Gasteiger charge is -2.14. The molecular weight excluding hydrogens is 444 g/mol. The van der Waals surface area contributed by atoms with Crippen LogP contribution in [-0.2, 0) is 17.8 Å². The Kier molecular flexibility index (Phi) is 7.71. The van der Waals surface area contributed by atoms with E-state index in [1.165, 1.54) is 17.3 Å². The highest BCUT2D eigenvalue weighted by molar-refractivity contribution is 7.99. The van der Waals surface area contributed by atoms with Gasteiger partial charge in [0.25, 0.3) is 0 Å². The van der Waals surface area contributed by atoms with E-state index in [1.54, 1.807) is 6.07 Å². The average Bonchev–Trinajstić information content (AvgIpc) is 3.56. The average molecular weight is 471 g/mol. The van der Waals surface area contributed by atoms with Crippen molar-refractivity contribution in [1.82, 2.24) is 20.1 Å². The zero-order chi connectivity index (χ0) is 22.3. The predicted octanol–water partition coefficient (Wildman–Crippen LogP) is 5.08. The number of hydrogen-bond acceptors (Lipinski definition) is 5. The van der Waals surface area contributed by atoms with Crippen molar-refractivity contribution in [3.05, 3.63) is 71.0 Å². The van der Waals surface area contributed by atoms with E-state index < -0.39 is 0 Å². The molecule has 2 aromatic carbocycles. The molecule has 1 heterocycles. The minimum Gasteiger partial charge on any atom is -0.484 e. The number of nitrogens with zero attached hydrogens (tertiary/aromatic N) is 3. The highest BCUT2D eigenvalue weighted by Gasteiger charge is 2.30. The number of hydrogen-bond donors (Lipinski definition) is 1. The van der Waals surface area contributed by atoms with Gasteiger partial charge in [0.1, 0.15) is 12.4 Å². The van der Waals surface area contributed by atoms with Gasteiger partial charge in [-0.2, -0.15) is 0 Å². The van der Waals surface area contributed by atoms with Crippen molar-refractivity contribution in [3.8, 4) is 5.75 Å². The number of carbonyl (C=O) groups excluding carboxylic acids is 1. The molecule has 0 radical (unpaired) electrons. The first-order valence-electron chi connectivity index (χ1n) is 10.9. The van der Waals surface area contributed by atoms with Crippen LogP contribution in [0.5, 0.6) is 5.75 Å². The standard InChI is InChI=1S/C24H27ClN4O2S/c1-17(11-12-18-7-3-2-4-8-18)26-23(30)16-32-24-28-27-22(29(24)19-13-14-19)15-31-21-10-6-5-9-20(21)25/h2-10,17,19H,11-16H2,1H3,(H,26,30). The first kappa shape index (κ1) is 22.7. The molecule has 1 N–H and O–H groups in total. The molecule has 1 saturated carbocycles. The van der Waals surface area contributed by atoms with Crippen LogP contribution in [0, 0.1) is 0 Å². The summed E-state index contributed by atoms with van der Waals surface area (Å²) < 4.78 is 7.96. The van der Waals surface area contributed by atoms with Crippen molar-refractivity contribution in [1.29, 1.82) is 0 Å². The third kappa shape index (κ3) is 6.26. The van der Waals surface area contributed by atoms with Gasteiger partial charge in [0.05, 0.1) is 10.8 Å². The number of aromatic nitrogens is 3. The van der Waals surface area contributed by atoms with Crippen LogP contribution in [0.3, 0.4) is 0 Å². The highest BCUT2D eigenvalue weighted by atomic mass is 35.5. The maximum absolute atomic E-state index is 12.5. The van der Waals surface area contributed by atoms with Crippen LogP contribution in [0.15, 0.2) is 59.8 Å². The molecule has 1 aliphatic carbocycles. The lowest BCUT2D eigenvalue weighted by Crippen LogP contribution is -2.34. The van der Waals surface area contributed by atoms with E-state index >= 15 is 0 Å². The number of thioether (sulfide) groups is 1. The van der Waals surface area contributed by atoms with E-state index in [4.69, 9.17) is 16.3 Å². The Bertz CT molecular complexity index is 1040. The third-order valence-electron chi connectivity index (χ3n) is 5.29. The zero-order valence-electron chi connectivity index (χ0n) is 18.0. The van der Waals surface area contributed by atoms with Gasteiger partial charge in [-0.15, -0.1) is 10.2 Å². The van der Waals surface area contributed by atoms with Gasteiger partial charge in [-0.1, -0.05) is 65.8 Å². The van der Waals surface area contributed by atoms with E-state index in [9.17, 15) is 4.79 Å². The second kappa shape index (κ2) is 10.9. The molecule has 32 heavy (non-hydrogen) atoms. The number of amides is 1. The van der Waals surface area contributed by atoms with Crippen molar-refractivity contribution >= 4 is 29.3 Å². The number of ether oxygens (including phenoxy) is 1. The number of halogens is 1. The normalized spacial score (nSPS) is 14.2. The predicted molar refractivity (Wildman–Crippen MR) is 127 cm³/mol. The quantitative estimate of drug-likeness (QED) is 0.396. The largest absolute Gasteiger partial charge is 0.484 e. The van der Waals surface area contributed by atoms with Crippen molar-refractivity contribution < 1.29 is 9.53 Å². The SMILES string of the molecule is CC(CCc1ccccc1)NC(=O)CSc1nnc(COc2ccccc2Cl)n1C1CC1. The van der Waals surface area contributed by atoms with Crippen LogP contribution in [-0.4, -0.2) is 32.5 Å². The fourth-order valence-electron chi connectivity index (χ4n) is 3.45. The summed E-state index contributed by atoms with van der Waals surface area (Å²) in [4.78, 5) is 12.5. The maximum atomic E-state index is 12.5. The van der Waals surface area contributed by atoms with E-state index in [0.29, 0.717) is 22.6 Å². The minimum absolute atomic E-state index is 0.00905. The Labute approximate surface area is 197 Å². The van der Waals surface area contributed by atoms with Crippen molar-refractivity contribution in [2.45, 2.75) is 56.5 Å². The molecular formula is C24H27ClN4O2S. The number of carbonyl (C=O) groups is 1. The minimum atomic E-state index is 0.00905. The van der Waals surface area contributed by atoms with Crippen LogP contribution in [0.1, 0.15) is 43.6 Å². The molecule has 1 unspecified atom stereocenters. The lowest BCUT2D eigenvalue weighted by atomic mass is 10.1. The van der Waals surface area contributed by atoms with Crippen molar-refractivity contribution in [3.63, 3.8) is 0 Å². The van der Waals surface area contributed by atoms with Crippen LogP contribution in [0.4, 0.5) is 0 Å². The molecule has 0 bridgehead atoms. The molecule has 1 atom stereocenters. The first-order valence-corrected chi connectivity index (χ1v) is 12.2. The van der Waals surface area contributed by atoms with Gasteiger partial charge in [-0.3, -0.25) is 9.36 Å². The number of benzene rings is 2. The smallest absolute Gasteiger partial charge is 0.230 e. The zero-order valence-corrected chi connectivity index (χ0v) is 19.6. The summed E-state index contributed by atoms with van der Waals surface area (Å²) in [6.07, 6.45) is 4.03. The summed E-state index contributed by atoms with van der Waals surface area (Å²) in [5, 5.41) is 13.1. The van der Waals surface area contributed by atoms with Crippen molar-refractivity contribution in [2.24, 2.45) is 0 Å². The molecule has 0 saturated heterocycles. The van der Waals surface area contributed by atoms with Gasteiger partial charge >= 0.3 is 0 Å². The van der Waals surface area contributed by atoms with E-state index in [2.05, 4.69) is 32.2 Å². The number of rotatable bonds is 11. The lowest BCUT2D eigenvalue weighted by molar-refractivity contribution is -0.119. The van der Waals surface area contributed by atoms with Gasteiger partial charge in [-0.25, -0.2) is 0 Å². The number of nitrogens with one attached hydrogen (secondary N) is 1. The van der Waals surface area contributed by atoms with E-state index in [1.807, 2.05) is 43.3 Å². The van der Waals surface area contributed by atoms with Gasteiger partial charge in [0.2, 0.25) is 5.91 Å². The second-order valence-electron chi connectivity index (χ2n) is 8.00. The molecule has 8 heteroatoms. The Balaban J connectivity index is 1.28. The fraction of sp³-hybridized carbons (Fsp3) is 0.375. The number of aryl methyl sites for hydroxylation is 1. The topological polar surface area (TPSA) is 69.0 Å². The molecule has 3 aromatic rings. The summed E-state index contributed by atoms with van der Waals surface area (Å²) in [6.45, 7) is 2.33. The van der Waals surface area contributed by atoms with Crippen LogP contribution in [0.2, 0.25) is 5.02 Å². The molecule has 1 amide bonds. The summed E-state index contributed by atoms with van der Waals surface area (Å²) >= 11 is 7.60. The summed E-state index contributed by atoms with van der Waals surface area (Å²) in [5.74, 6) is 1.70. The molecule has 1 aliphatic rings. The monoisotopic (exact) mass is 470 g/mol. The Morgan fingerprint density at radius 3 is 2.69 bits per heavy atom. The van der Waals surface area contributed by atoms with Gasteiger partial charge in [-0.05, 0) is 50.3 Å². The Morgan fingerprint density at radius 2 is 1.94 bits per heavy atom. The molecule has 168 valence electrons. The Morgan fingerprint density at radius 1 is 1.19 bits per heavy atom. The first-order chi connectivity index (χ1) is 15.6. The summed E-state index contributed by atoms with van der Waals surface area (Å²) in [7, 11) is 0. The molecule has 0 spiro atoms. The van der Waals surface area contributed by atoms with E-state index in [-0.39, 0.29) is 18.6 Å². The number of para-hydroxylation sites is 1. The molecule has 1 aromatic heterocycles. The van der Waals surface area contributed by atoms with Crippen molar-refractivity contribution in [2.75, 3.05) is 5.75 Å². The molecule has 6 nitrogen and oxygen atoms in total. The van der Waals surface area contributed by atoms with Crippen LogP contribution < -0.4 is 10.1 Å². The summed E-state index contributed by atoms with van der Waals surface area (Å²) in [5.41, 5.74) is 1.28.